The van der Waals surface area contributed by atoms with Gasteiger partial charge in [0.25, 0.3) is 0 Å². The molecule has 0 aliphatic heterocycles. The van der Waals surface area contributed by atoms with Crippen molar-refractivity contribution in [1.82, 2.24) is 4.98 Å². The minimum atomic E-state index is -0.939. The largest absolute Gasteiger partial charge is 0.478 e. The number of pyridine rings is 1. The van der Waals surface area contributed by atoms with Crippen LogP contribution >= 0.6 is 0 Å². The molecular weight excluding hydrogens is 424 g/mol. The Hall–Kier alpha value is -4.12. The highest BCUT2D eigenvalue weighted by molar-refractivity contribution is 5.88. The molecule has 1 aromatic heterocycles. The van der Waals surface area contributed by atoms with Crippen LogP contribution in [0.15, 0.2) is 96.3 Å². The molecule has 0 aliphatic carbocycles. The van der Waals surface area contributed by atoms with Gasteiger partial charge < -0.3 is 5.11 Å². The number of carboxylic acids is 1. The minimum absolute atomic E-state index is 0.0131. The van der Waals surface area contributed by atoms with E-state index in [2.05, 4.69) is 41.4 Å². The van der Waals surface area contributed by atoms with Gasteiger partial charge in [0, 0.05) is 17.8 Å². The highest BCUT2D eigenvalue weighted by Gasteiger charge is 2.23. The van der Waals surface area contributed by atoms with Gasteiger partial charge >= 0.3 is 5.97 Å². The molecule has 2 atom stereocenters. The van der Waals surface area contributed by atoms with Gasteiger partial charge in [-0.25, -0.2) is 4.79 Å². The van der Waals surface area contributed by atoms with Crippen molar-refractivity contribution >= 4 is 5.97 Å². The molecule has 0 spiro atoms. The van der Waals surface area contributed by atoms with Crippen molar-refractivity contribution < 1.29 is 9.90 Å². The molecule has 0 saturated heterocycles. The Kier molecular flexibility index (Phi) is 6.93. The Labute approximate surface area is 199 Å². The van der Waals surface area contributed by atoms with Gasteiger partial charge in [-0.2, -0.15) is 4.91 Å². The number of benzene rings is 3. The summed E-state index contributed by atoms with van der Waals surface area (Å²) in [5, 5.41) is 12.6. The lowest BCUT2D eigenvalue weighted by molar-refractivity contribution is 0.0697. The van der Waals surface area contributed by atoms with Crippen molar-refractivity contribution in [2.24, 2.45) is 5.18 Å². The fourth-order valence-corrected chi connectivity index (χ4v) is 4.37. The fraction of sp³-hybridized carbons (Fsp3) is 0.172. The summed E-state index contributed by atoms with van der Waals surface area (Å²) >= 11 is 0. The molecule has 5 heteroatoms. The first-order chi connectivity index (χ1) is 16.5. The van der Waals surface area contributed by atoms with Crippen molar-refractivity contribution in [2.75, 3.05) is 0 Å². The lowest BCUT2D eigenvalue weighted by Crippen LogP contribution is -2.09. The smallest absolute Gasteiger partial charge is 0.335 e. The van der Waals surface area contributed by atoms with E-state index in [1.165, 1.54) is 5.56 Å². The maximum atomic E-state index is 11.9. The summed E-state index contributed by atoms with van der Waals surface area (Å²) in [7, 11) is 0. The molecule has 5 nitrogen and oxygen atoms in total. The quantitative estimate of drug-likeness (QED) is 0.291. The number of nitrogens with zero attached hydrogens (tertiary/aromatic N) is 2. The number of nitroso groups, excluding NO2 is 1. The summed E-state index contributed by atoms with van der Waals surface area (Å²) in [5.41, 5.74) is 7.37. The van der Waals surface area contributed by atoms with Gasteiger partial charge in [-0.3, -0.25) is 4.98 Å². The van der Waals surface area contributed by atoms with Gasteiger partial charge in [-0.15, -0.1) is 0 Å². The Balaban J connectivity index is 1.68. The average Bonchev–Trinajstić information content (AvgIpc) is 2.86. The van der Waals surface area contributed by atoms with Gasteiger partial charge in [-0.1, -0.05) is 65.8 Å². The first-order valence-electron chi connectivity index (χ1n) is 11.2. The third-order valence-electron chi connectivity index (χ3n) is 6.23. The van der Waals surface area contributed by atoms with Gasteiger partial charge in [0.2, 0.25) is 0 Å². The topological polar surface area (TPSA) is 79.6 Å². The number of hydrogen-bond acceptors (Lipinski definition) is 4. The molecule has 3 aromatic carbocycles. The minimum Gasteiger partial charge on any atom is -0.478 e. The van der Waals surface area contributed by atoms with Crippen LogP contribution in [0.2, 0.25) is 0 Å². The van der Waals surface area contributed by atoms with Crippen LogP contribution in [-0.2, 0) is 0 Å². The number of aromatic nitrogens is 1. The molecule has 34 heavy (non-hydrogen) atoms. The number of hydrogen-bond donors (Lipinski definition) is 1. The van der Waals surface area contributed by atoms with E-state index < -0.39 is 12.0 Å². The Morgan fingerprint density at radius 1 is 0.882 bits per heavy atom. The average molecular weight is 451 g/mol. The lowest BCUT2D eigenvalue weighted by Gasteiger charge is -2.23. The summed E-state index contributed by atoms with van der Waals surface area (Å²) in [6, 6.07) is 26.6. The van der Waals surface area contributed by atoms with Crippen molar-refractivity contribution in [1.29, 1.82) is 0 Å². The first-order valence-corrected chi connectivity index (χ1v) is 11.2. The van der Waals surface area contributed by atoms with Crippen LogP contribution in [-0.4, -0.2) is 16.1 Å². The number of carboxylic acid groups (broad SMARTS) is 1. The Bertz CT molecular complexity index is 1300. The molecule has 0 radical (unpaired) electrons. The molecule has 1 heterocycles. The maximum Gasteiger partial charge on any atom is 0.335 e. The second-order valence-electron chi connectivity index (χ2n) is 8.50. The number of aromatic carboxylic acids is 1. The summed E-state index contributed by atoms with van der Waals surface area (Å²) in [4.78, 5) is 27.3. The highest BCUT2D eigenvalue weighted by atomic mass is 16.4. The predicted octanol–water partition coefficient (Wildman–Crippen LogP) is 7.09. The molecule has 1 unspecified atom stereocenters. The van der Waals surface area contributed by atoms with E-state index in [0.29, 0.717) is 6.42 Å². The van der Waals surface area contributed by atoms with E-state index in [0.717, 1.165) is 33.5 Å². The van der Waals surface area contributed by atoms with Crippen molar-refractivity contribution in [2.45, 2.75) is 32.2 Å². The van der Waals surface area contributed by atoms with E-state index in [9.17, 15) is 9.70 Å². The second kappa shape index (κ2) is 10.2. The van der Waals surface area contributed by atoms with E-state index in [1.807, 2.05) is 55.5 Å². The molecule has 4 aromatic rings. The molecular formula is C29H26N2O3. The van der Waals surface area contributed by atoms with Gasteiger partial charge in [0.15, 0.2) is 0 Å². The number of aryl methyl sites for hydroxylation is 2. The first kappa shape index (κ1) is 23.1. The summed E-state index contributed by atoms with van der Waals surface area (Å²) in [5.74, 6) is -0.952. The van der Waals surface area contributed by atoms with E-state index in [-0.39, 0.29) is 11.5 Å². The third kappa shape index (κ3) is 5.09. The van der Waals surface area contributed by atoms with Crippen LogP contribution in [0.5, 0.6) is 0 Å². The monoisotopic (exact) mass is 450 g/mol. The molecule has 0 amide bonds. The van der Waals surface area contributed by atoms with Crippen LogP contribution in [0.1, 0.15) is 56.7 Å². The SMILES string of the molecule is Cc1cc(C(C[C@H](c2ccc(-c3ccc(C(=O)O)cc3)cc2)c2ccccc2C)N=O)ccn1. The van der Waals surface area contributed by atoms with E-state index in [1.54, 1.807) is 18.3 Å². The van der Waals surface area contributed by atoms with Gasteiger partial charge in [0.1, 0.15) is 6.04 Å². The third-order valence-corrected chi connectivity index (χ3v) is 6.23. The van der Waals surface area contributed by atoms with Gasteiger partial charge in [-0.05, 0) is 77.9 Å². The van der Waals surface area contributed by atoms with Crippen LogP contribution in [0.3, 0.4) is 0 Å². The van der Waals surface area contributed by atoms with Crippen LogP contribution < -0.4 is 0 Å². The van der Waals surface area contributed by atoms with Crippen LogP contribution in [0, 0.1) is 18.8 Å². The number of carbonyl (C=O) groups is 1. The molecule has 0 aliphatic rings. The summed E-state index contributed by atoms with van der Waals surface area (Å²) < 4.78 is 0. The fourth-order valence-electron chi connectivity index (χ4n) is 4.37. The summed E-state index contributed by atoms with van der Waals surface area (Å²) in [6.07, 6.45) is 2.26. The predicted molar refractivity (Wildman–Crippen MR) is 134 cm³/mol. The lowest BCUT2D eigenvalue weighted by atomic mass is 9.82. The summed E-state index contributed by atoms with van der Waals surface area (Å²) in [6.45, 7) is 3.99. The maximum absolute atomic E-state index is 11.9. The van der Waals surface area contributed by atoms with Crippen molar-refractivity contribution in [3.63, 3.8) is 0 Å². The molecule has 0 bridgehead atoms. The normalized spacial score (nSPS) is 12.6. The Morgan fingerprint density at radius 2 is 1.53 bits per heavy atom. The number of rotatable bonds is 8. The molecule has 0 saturated carbocycles. The zero-order valence-corrected chi connectivity index (χ0v) is 19.2. The Morgan fingerprint density at radius 3 is 2.12 bits per heavy atom. The molecule has 0 fully saturated rings. The van der Waals surface area contributed by atoms with E-state index in [4.69, 9.17) is 5.11 Å². The molecule has 170 valence electrons. The zero-order chi connectivity index (χ0) is 24.1. The zero-order valence-electron chi connectivity index (χ0n) is 19.2. The molecule has 4 rings (SSSR count). The second-order valence-corrected chi connectivity index (χ2v) is 8.50. The van der Waals surface area contributed by atoms with Gasteiger partial charge in [0.05, 0.1) is 5.56 Å². The van der Waals surface area contributed by atoms with Crippen molar-refractivity contribution in [3.05, 3.63) is 130 Å². The van der Waals surface area contributed by atoms with Crippen molar-refractivity contribution in [3.8, 4) is 11.1 Å². The van der Waals surface area contributed by atoms with E-state index >= 15 is 0 Å². The van der Waals surface area contributed by atoms with Crippen LogP contribution in [0.4, 0.5) is 0 Å². The highest BCUT2D eigenvalue weighted by Crippen LogP contribution is 2.37. The standard InChI is InChI=1S/C29H26N2O3/c1-19-5-3-4-6-26(19)27(18-28(31-34)25-15-16-30-20(2)17-25)23-11-7-21(8-12-23)22-9-13-24(14-10-22)29(32)33/h3-17,27-28H,18H2,1-2H3,(H,32,33)/t27-,28?/m1/s1. The molecule has 1 N–H and O–H groups in total. The van der Waals surface area contributed by atoms with Crippen LogP contribution in [0.25, 0.3) is 11.1 Å².